The largest absolute Gasteiger partial charge is 0.364 e. The highest BCUT2D eigenvalue weighted by Gasteiger charge is 2.15. The highest BCUT2D eigenvalue weighted by Crippen LogP contribution is 2.21. The highest BCUT2D eigenvalue weighted by molar-refractivity contribution is 6.30. The smallest absolute Gasteiger partial charge is 0.269 e. The molecule has 0 unspecified atom stereocenters. The summed E-state index contributed by atoms with van der Waals surface area (Å²) in [7, 11) is 0. The fourth-order valence-corrected chi connectivity index (χ4v) is 2.48. The summed E-state index contributed by atoms with van der Waals surface area (Å²) in [6.07, 6.45) is 0. The van der Waals surface area contributed by atoms with Crippen molar-refractivity contribution in [2.24, 2.45) is 5.73 Å². The molecule has 3 rings (SSSR count). The molecule has 0 atom stereocenters. The molecule has 1 aromatic heterocycles. The van der Waals surface area contributed by atoms with Gasteiger partial charge in [-0.1, -0.05) is 23.7 Å². The Morgan fingerprint density at radius 3 is 2.81 bits per heavy atom. The predicted molar refractivity (Wildman–Crippen MR) is 78.8 cm³/mol. The third-order valence-electron chi connectivity index (χ3n) is 3.17. The Labute approximate surface area is 124 Å². The van der Waals surface area contributed by atoms with E-state index in [0.29, 0.717) is 22.5 Å². The van der Waals surface area contributed by atoms with E-state index < -0.39 is 11.7 Å². The fraction of sp³-hybridized carbons (Fsp3) is 0.0667. The van der Waals surface area contributed by atoms with Gasteiger partial charge in [-0.15, -0.1) is 0 Å². The van der Waals surface area contributed by atoms with Crippen LogP contribution in [-0.4, -0.2) is 15.7 Å². The molecule has 0 saturated carbocycles. The van der Waals surface area contributed by atoms with Crippen molar-refractivity contribution in [3.05, 3.63) is 64.6 Å². The first-order valence-electron chi connectivity index (χ1n) is 6.25. The van der Waals surface area contributed by atoms with Crippen molar-refractivity contribution in [2.45, 2.75) is 6.54 Å². The van der Waals surface area contributed by atoms with Gasteiger partial charge in [0.2, 0.25) is 0 Å². The number of carbonyl (C=O) groups excluding carboxylic acids is 1. The second-order valence-corrected chi connectivity index (χ2v) is 5.10. The van der Waals surface area contributed by atoms with Gasteiger partial charge in [-0.2, -0.15) is 5.10 Å². The SMILES string of the molecule is NC(=O)c1nn(Cc2cccc(Cl)c2)c2ccc(F)cc12. The number of fused-ring (bicyclic) bond motifs is 1. The molecule has 2 aromatic carbocycles. The Balaban J connectivity index is 2.12. The van der Waals surface area contributed by atoms with E-state index in [9.17, 15) is 9.18 Å². The van der Waals surface area contributed by atoms with Crippen molar-refractivity contribution in [3.8, 4) is 0 Å². The van der Waals surface area contributed by atoms with Gasteiger partial charge in [-0.25, -0.2) is 4.39 Å². The van der Waals surface area contributed by atoms with Crippen LogP contribution in [-0.2, 0) is 6.54 Å². The summed E-state index contributed by atoms with van der Waals surface area (Å²) in [5.41, 5.74) is 6.93. The van der Waals surface area contributed by atoms with Gasteiger partial charge < -0.3 is 5.73 Å². The topological polar surface area (TPSA) is 60.9 Å². The van der Waals surface area contributed by atoms with E-state index in [1.54, 1.807) is 16.8 Å². The Bertz CT molecular complexity index is 844. The first-order valence-corrected chi connectivity index (χ1v) is 6.63. The van der Waals surface area contributed by atoms with Gasteiger partial charge in [0.15, 0.2) is 5.69 Å². The van der Waals surface area contributed by atoms with E-state index in [1.807, 2.05) is 18.2 Å². The van der Waals surface area contributed by atoms with Crippen molar-refractivity contribution in [1.29, 1.82) is 0 Å². The quantitative estimate of drug-likeness (QED) is 0.808. The van der Waals surface area contributed by atoms with E-state index in [-0.39, 0.29) is 5.69 Å². The second kappa shape index (κ2) is 5.18. The summed E-state index contributed by atoms with van der Waals surface area (Å²) in [5.74, 6) is -1.12. The van der Waals surface area contributed by atoms with Crippen molar-refractivity contribution >= 4 is 28.4 Å². The summed E-state index contributed by atoms with van der Waals surface area (Å²) >= 11 is 5.95. The zero-order valence-electron chi connectivity index (χ0n) is 10.9. The zero-order chi connectivity index (χ0) is 15.0. The number of rotatable bonds is 3. The molecule has 0 aliphatic rings. The summed E-state index contributed by atoms with van der Waals surface area (Å²) in [6, 6.07) is 11.5. The molecule has 0 spiro atoms. The molecule has 6 heteroatoms. The predicted octanol–water partition coefficient (Wildman–Crippen LogP) is 2.98. The molecule has 1 amide bonds. The van der Waals surface area contributed by atoms with Crippen LogP contribution < -0.4 is 5.73 Å². The van der Waals surface area contributed by atoms with Crippen LogP contribution in [0.15, 0.2) is 42.5 Å². The van der Waals surface area contributed by atoms with Crippen LogP contribution in [0.3, 0.4) is 0 Å². The lowest BCUT2D eigenvalue weighted by molar-refractivity contribution is 0.0996. The van der Waals surface area contributed by atoms with Gasteiger partial charge in [-0.3, -0.25) is 9.48 Å². The molecule has 3 aromatic rings. The summed E-state index contributed by atoms with van der Waals surface area (Å²) in [6.45, 7) is 0.413. The molecule has 0 bridgehead atoms. The number of aromatic nitrogens is 2. The number of hydrogen-bond donors (Lipinski definition) is 1. The van der Waals surface area contributed by atoms with Gasteiger partial charge in [0.1, 0.15) is 5.82 Å². The van der Waals surface area contributed by atoms with Gasteiger partial charge in [0, 0.05) is 10.4 Å². The Morgan fingerprint density at radius 2 is 2.10 bits per heavy atom. The Hall–Kier alpha value is -2.40. The lowest BCUT2D eigenvalue weighted by atomic mass is 10.2. The summed E-state index contributed by atoms with van der Waals surface area (Å²) in [5, 5.41) is 5.21. The van der Waals surface area contributed by atoms with Crippen LogP contribution in [0.5, 0.6) is 0 Å². The van der Waals surface area contributed by atoms with Crippen molar-refractivity contribution in [2.75, 3.05) is 0 Å². The number of halogens is 2. The minimum Gasteiger partial charge on any atom is -0.364 e. The standard InChI is InChI=1S/C15H11ClFN3O/c16-10-3-1-2-9(6-10)8-20-13-5-4-11(17)7-12(13)14(19-20)15(18)21/h1-7H,8H2,(H2,18,21). The van der Waals surface area contributed by atoms with Gasteiger partial charge >= 0.3 is 0 Å². The third kappa shape index (κ3) is 2.60. The van der Waals surface area contributed by atoms with Crippen molar-refractivity contribution in [3.63, 3.8) is 0 Å². The van der Waals surface area contributed by atoms with Crippen LogP contribution in [0, 0.1) is 5.82 Å². The number of nitrogens with zero attached hydrogens (tertiary/aromatic N) is 2. The molecule has 21 heavy (non-hydrogen) atoms. The molecule has 4 nitrogen and oxygen atoms in total. The first kappa shape index (κ1) is 13.6. The van der Waals surface area contributed by atoms with E-state index in [1.165, 1.54) is 12.1 Å². The maximum atomic E-state index is 13.4. The van der Waals surface area contributed by atoms with Crippen LogP contribution in [0.4, 0.5) is 4.39 Å². The molecule has 106 valence electrons. The minimum absolute atomic E-state index is 0.0616. The minimum atomic E-state index is -0.685. The van der Waals surface area contributed by atoms with Crippen LogP contribution in [0.2, 0.25) is 5.02 Å². The molecule has 0 aliphatic heterocycles. The molecule has 2 N–H and O–H groups in total. The Morgan fingerprint density at radius 1 is 1.29 bits per heavy atom. The number of amides is 1. The van der Waals surface area contributed by atoms with Crippen molar-refractivity contribution in [1.82, 2.24) is 9.78 Å². The first-order chi connectivity index (χ1) is 10.0. The van der Waals surface area contributed by atoms with E-state index >= 15 is 0 Å². The number of carbonyl (C=O) groups is 1. The number of hydrogen-bond acceptors (Lipinski definition) is 2. The number of primary amides is 1. The maximum absolute atomic E-state index is 13.4. The number of benzene rings is 2. The zero-order valence-corrected chi connectivity index (χ0v) is 11.6. The van der Waals surface area contributed by atoms with Crippen LogP contribution >= 0.6 is 11.6 Å². The lowest BCUT2D eigenvalue weighted by Gasteiger charge is -2.04. The van der Waals surface area contributed by atoms with E-state index in [2.05, 4.69) is 5.10 Å². The average molecular weight is 304 g/mol. The monoisotopic (exact) mass is 303 g/mol. The van der Waals surface area contributed by atoms with Crippen molar-refractivity contribution < 1.29 is 9.18 Å². The molecule has 0 saturated heterocycles. The second-order valence-electron chi connectivity index (χ2n) is 4.66. The van der Waals surface area contributed by atoms with Gasteiger partial charge in [0.25, 0.3) is 5.91 Å². The molecular formula is C15H11ClFN3O. The van der Waals surface area contributed by atoms with Crippen LogP contribution in [0.25, 0.3) is 10.9 Å². The van der Waals surface area contributed by atoms with Gasteiger partial charge in [0.05, 0.1) is 12.1 Å². The molecule has 1 heterocycles. The molecule has 0 radical (unpaired) electrons. The van der Waals surface area contributed by atoms with E-state index in [4.69, 9.17) is 17.3 Å². The highest BCUT2D eigenvalue weighted by atomic mass is 35.5. The summed E-state index contributed by atoms with van der Waals surface area (Å²) < 4.78 is 15.0. The molecular weight excluding hydrogens is 293 g/mol. The Kier molecular flexibility index (Phi) is 3.35. The number of nitrogens with two attached hydrogens (primary N) is 1. The maximum Gasteiger partial charge on any atom is 0.269 e. The van der Waals surface area contributed by atoms with Crippen LogP contribution in [0.1, 0.15) is 16.1 Å². The molecule has 0 fully saturated rings. The normalized spacial score (nSPS) is 11.0. The molecule has 0 aliphatic carbocycles. The van der Waals surface area contributed by atoms with Gasteiger partial charge in [-0.05, 0) is 35.9 Å². The fourth-order valence-electron chi connectivity index (χ4n) is 2.26. The average Bonchev–Trinajstić information content (AvgIpc) is 2.77. The lowest BCUT2D eigenvalue weighted by Crippen LogP contribution is -2.13. The third-order valence-corrected chi connectivity index (χ3v) is 3.40. The van der Waals surface area contributed by atoms with E-state index in [0.717, 1.165) is 5.56 Å². The summed E-state index contributed by atoms with van der Waals surface area (Å²) in [4.78, 5) is 11.4.